The minimum absolute atomic E-state index is 0.107. The van der Waals surface area contributed by atoms with Gasteiger partial charge in [-0.15, -0.1) is 0 Å². The minimum Gasteiger partial charge on any atom is -0.402 e. The Bertz CT molecular complexity index is 275. The molecule has 1 unspecified atom stereocenters. The smallest absolute Gasteiger partial charge is 0.402 e. The van der Waals surface area contributed by atoms with Crippen LogP contribution >= 0.6 is 0 Å². The first-order valence-corrected chi connectivity index (χ1v) is 5.35. The van der Waals surface area contributed by atoms with E-state index in [1.807, 2.05) is 18.3 Å². The van der Waals surface area contributed by atoms with E-state index in [2.05, 4.69) is 39.2 Å². The summed E-state index contributed by atoms with van der Waals surface area (Å²) in [7, 11) is 1.75. The van der Waals surface area contributed by atoms with E-state index in [0.29, 0.717) is 0 Å². The van der Waals surface area contributed by atoms with Crippen molar-refractivity contribution in [2.45, 2.75) is 44.8 Å². The summed E-state index contributed by atoms with van der Waals surface area (Å²) in [4.78, 5) is 0. The predicted molar refractivity (Wildman–Crippen MR) is 59.9 cm³/mol. The molecule has 1 fully saturated rings. The van der Waals surface area contributed by atoms with Gasteiger partial charge in [-0.25, -0.2) is 5.43 Å². The van der Waals surface area contributed by atoms with Crippen LogP contribution in [0.3, 0.4) is 0 Å². The number of nitrogens with zero attached hydrogens (tertiary/aromatic N) is 1. The van der Waals surface area contributed by atoms with Gasteiger partial charge in [0.2, 0.25) is 0 Å². The van der Waals surface area contributed by atoms with E-state index in [1.54, 1.807) is 0 Å². The maximum atomic E-state index is 5.93. The Morgan fingerprint density at radius 1 is 1.20 bits per heavy atom. The first kappa shape index (κ1) is 11.0. The Hall–Kier alpha value is -0.515. The molecule has 0 saturated carbocycles. The van der Waals surface area contributed by atoms with Crippen LogP contribution in [0.5, 0.6) is 0 Å². The molecule has 1 saturated heterocycles. The van der Waals surface area contributed by atoms with Gasteiger partial charge in [-0.3, -0.25) is 0 Å². The number of nitrogens with one attached hydrogen (secondary N) is 1. The highest BCUT2D eigenvalue weighted by molar-refractivity contribution is 6.48. The molecule has 0 aromatic rings. The second kappa shape index (κ2) is 3.24. The van der Waals surface area contributed by atoms with Crippen LogP contribution in [-0.4, -0.2) is 36.3 Å². The topological polar surface area (TPSA) is 33.7 Å². The molecule has 0 spiro atoms. The van der Waals surface area contributed by atoms with Crippen LogP contribution in [0, 0.1) is 0 Å². The highest BCUT2D eigenvalue weighted by Gasteiger charge is 2.53. The standard InChI is InChI=1S/C10H19BN2O2/c1-9(2)10(3,4)15-11(14-9)8-6-7-13(5)12-8/h6-8,12H,1-5H3. The van der Waals surface area contributed by atoms with E-state index in [9.17, 15) is 0 Å². The van der Waals surface area contributed by atoms with Crippen molar-refractivity contribution >= 4 is 7.12 Å². The van der Waals surface area contributed by atoms with Crippen molar-refractivity contribution in [2.24, 2.45) is 0 Å². The summed E-state index contributed by atoms with van der Waals surface area (Å²) in [6.45, 7) is 8.26. The second-order valence-corrected chi connectivity index (χ2v) is 5.23. The van der Waals surface area contributed by atoms with E-state index in [4.69, 9.17) is 9.31 Å². The predicted octanol–water partition coefficient (Wildman–Crippen LogP) is 0.950. The quantitative estimate of drug-likeness (QED) is 0.653. The van der Waals surface area contributed by atoms with Gasteiger partial charge in [0.15, 0.2) is 0 Å². The van der Waals surface area contributed by atoms with Crippen LogP contribution in [0.25, 0.3) is 0 Å². The van der Waals surface area contributed by atoms with Gasteiger partial charge in [-0.05, 0) is 27.7 Å². The monoisotopic (exact) mass is 210 g/mol. The summed E-state index contributed by atoms with van der Waals surface area (Å²) in [5, 5.41) is 1.91. The fourth-order valence-corrected chi connectivity index (χ4v) is 1.73. The maximum absolute atomic E-state index is 5.93. The molecule has 2 heterocycles. The third kappa shape index (κ3) is 1.79. The normalized spacial score (nSPS) is 32.7. The number of hydrazine groups is 1. The maximum Gasteiger partial charge on any atom is 0.482 e. The third-order valence-electron chi connectivity index (χ3n) is 3.43. The summed E-state index contributed by atoms with van der Waals surface area (Å²) in [6.07, 6.45) is 4.04. The average Bonchev–Trinajstić information content (AvgIpc) is 2.56. The van der Waals surface area contributed by atoms with Crippen LogP contribution in [0.15, 0.2) is 12.3 Å². The lowest BCUT2D eigenvalue weighted by Gasteiger charge is -2.32. The van der Waals surface area contributed by atoms with Crippen LogP contribution in [0.4, 0.5) is 0 Å². The molecule has 84 valence electrons. The zero-order valence-electron chi connectivity index (χ0n) is 10.1. The molecule has 1 N–H and O–H groups in total. The van der Waals surface area contributed by atoms with Crippen molar-refractivity contribution in [3.8, 4) is 0 Å². The van der Waals surface area contributed by atoms with E-state index < -0.39 is 0 Å². The first-order valence-electron chi connectivity index (χ1n) is 5.35. The van der Waals surface area contributed by atoms with E-state index in [1.165, 1.54) is 0 Å². The number of rotatable bonds is 1. The van der Waals surface area contributed by atoms with E-state index in [0.717, 1.165) is 0 Å². The molecule has 0 aliphatic carbocycles. The summed E-state index contributed by atoms with van der Waals surface area (Å²) in [5.74, 6) is 0.107. The van der Waals surface area contributed by atoms with Crippen molar-refractivity contribution < 1.29 is 9.31 Å². The van der Waals surface area contributed by atoms with Crippen molar-refractivity contribution in [3.05, 3.63) is 12.3 Å². The molecule has 2 aliphatic heterocycles. The van der Waals surface area contributed by atoms with Gasteiger partial charge < -0.3 is 14.3 Å². The minimum atomic E-state index is -0.256. The molecule has 15 heavy (non-hydrogen) atoms. The Morgan fingerprint density at radius 2 is 1.73 bits per heavy atom. The van der Waals surface area contributed by atoms with Gasteiger partial charge >= 0.3 is 7.12 Å². The number of hydrogen-bond donors (Lipinski definition) is 1. The molecule has 1 atom stereocenters. The second-order valence-electron chi connectivity index (χ2n) is 5.23. The van der Waals surface area contributed by atoms with Crippen molar-refractivity contribution in [1.82, 2.24) is 10.4 Å². The van der Waals surface area contributed by atoms with E-state index >= 15 is 0 Å². The van der Waals surface area contributed by atoms with Crippen LogP contribution in [0.1, 0.15) is 27.7 Å². The van der Waals surface area contributed by atoms with Crippen molar-refractivity contribution in [1.29, 1.82) is 0 Å². The van der Waals surface area contributed by atoms with Gasteiger partial charge in [0.05, 0.1) is 17.1 Å². The molecule has 0 radical (unpaired) electrons. The molecule has 0 aromatic heterocycles. The Balaban J connectivity index is 2.07. The summed E-state index contributed by atoms with van der Waals surface area (Å²) in [5.41, 5.74) is 2.73. The number of hydrogen-bond acceptors (Lipinski definition) is 4. The van der Waals surface area contributed by atoms with Crippen LogP contribution in [0.2, 0.25) is 0 Å². The van der Waals surface area contributed by atoms with Gasteiger partial charge in [-0.1, -0.05) is 6.08 Å². The van der Waals surface area contributed by atoms with Crippen molar-refractivity contribution in [3.63, 3.8) is 0 Å². The van der Waals surface area contributed by atoms with Crippen molar-refractivity contribution in [2.75, 3.05) is 7.05 Å². The molecule has 2 rings (SSSR count). The fraction of sp³-hybridized carbons (Fsp3) is 0.800. The van der Waals surface area contributed by atoms with Crippen LogP contribution < -0.4 is 5.43 Å². The molecular weight excluding hydrogens is 191 g/mol. The molecule has 4 nitrogen and oxygen atoms in total. The highest BCUT2D eigenvalue weighted by atomic mass is 16.7. The highest BCUT2D eigenvalue weighted by Crippen LogP contribution is 2.37. The van der Waals surface area contributed by atoms with E-state index in [-0.39, 0.29) is 24.3 Å². The Kier molecular flexibility index (Phi) is 2.37. The molecule has 2 aliphatic rings. The lowest BCUT2D eigenvalue weighted by Crippen LogP contribution is -2.45. The Labute approximate surface area is 91.7 Å². The molecule has 0 amide bonds. The SMILES string of the molecule is CN1C=CC(B2OC(C)(C)C(C)(C)O2)N1. The van der Waals surface area contributed by atoms with Gasteiger partial charge in [0.1, 0.15) is 0 Å². The zero-order valence-corrected chi connectivity index (χ0v) is 10.1. The lowest BCUT2D eigenvalue weighted by atomic mass is 9.79. The van der Waals surface area contributed by atoms with Crippen LogP contribution in [-0.2, 0) is 9.31 Å². The first-order chi connectivity index (χ1) is 6.82. The summed E-state index contributed by atoms with van der Waals surface area (Å²) in [6, 6.07) is 0. The van der Waals surface area contributed by atoms with Gasteiger partial charge in [-0.2, -0.15) is 0 Å². The molecular formula is C10H19BN2O2. The average molecular weight is 210 g/mol. The zero-order chi connectivity index (χ0) is 11.3. The summed E-state index contributed by atoms with van der Waals surface area (Å²) >= 11 is 0. The molecule has 5 heteroatoms. The lowest BCUT2D eigenvalue weighted by molar-refractivity contribution is 0.00578. The molecule has 0 bridgehead atoms. The van der Waals surface area contributed by atoms with Gasteiger partial charge in [0.25, 0.3) is 0 Å². The largest absolute Gasteiger partial charge is 0.482 e. The summed E-state index contributed by atoms with van der Waals surface area (Å²) < 4.78 is 11.9. The van der Waals surface area contributed by atoms with Gasteiger partial charge in [0, 0.05) is 13.2 Å². The molecule has 0 aromatic carbocycles. The third-order valence-corrected chi connectivity index (χ3v) is 3.43. The Morgan fingerprint density at radius 3 is 2.13 bits per heavy atom. The fourth-order valence-electron chi connectivity index (χ4n) is 1.73.